The van der Waals surface area contributed by atoms with Gasteiger partial charge in [0, 0.05) is 19.2 Å². The summed E-state index contributed by atoms with van der Waals surface area (Å²) >= 11 is 0. The third kappa shape index (κ3) is 4.17. The average Bonchev–Trinajstić information content (AvgIpc) is 2.37. The van der Waals surface area contributed by atoms with Crippen molar-refractivity contribution in [1.29, 1.82) is 0 Å². The van der Waals surface area contributed by atoms with Gasteiger partial charge < -0.3 is 15.8 Å². The number of amides is 1. The minimum absolute atomic E-state index is 0.0624. The van der Waals surface area contributed by atoms with E-state index in [1.807, 2.05) is 0 Å². The van der Waals surface area contributed by atoms with Crippen LogP contribution in [0, 0.1) is 5.82 Å². The second-order valence-corrected chi connectivity index (χ2v) is 4.05. The van der Waals surface area contributed by atoms with Crippen LogP contribution in [-0.4, -0.2) is 32.2 Å². The van der Waals surface area contributed by atoms with Gasteiger partial charge in [-0.2, -0.15) is 13.2 Å². The number of hydrogen-bond acceptors (Lipinski definition) is 3. The zero-order valence-corrected chi connectivity index (χ0v) is 10.6. The van der Waals surface area contributed by atoms with Crippen LogP contribution in [0.5, 0.6) is 0 Å². The Bertz CT molecular complexity index is 477. The Kier molecular flexibility index (Phi) is 5.46. The van der Waals surface area contributed by atoms with E-state index in [0.29, 0.717) is 12.1 Å². The molecule has 0 aliphatic heterocycles. The third-order valence-corrected chi connectivity index (χ3v) is 2.52. The molecule has 0 saturated heterocycles. The first-order chi connectivity index (χ1) is 9.29. The van der Waals surface area contributed by atoms with E-state index in [9.17, 15) is 22.4 Å². The Hall–Kier alpha value is -1.67. The molecule has 20 heavy (non-hydrogen) atoms. The molecule has 1 aromatic carbocycles. The smallest absolute Gasteiger partial charge is 0.383 e. The lowest BCUT2D eigenvalue weighted by Crippen LogP contribution is -2.43. The number of nitrogens with two attached hydrogens (primary N) is 1. The van der Waals surface area contributed by atoms with Crippen molar-refractivity contribution < 1.29 is 27.1 Å². The van der Waals surface area contributed by atoms with E-state index in [0.717, 1.165) is 6.07 Å². The molecule has 3 N–H and O–H groups in total. The molecule has 1 amide bonds. The van der Waals surface area contributed by atoms with Crippen molar-refractivity contribution in [1.82, 2.24) is 5.32 Å². The van der Waals surface area contributed by atoms with Crippen molar-refractivity contribution in [3.05, 3.63) is 35.1 Å². The van der Waals surface area contributed by atoms with Crippen LogP contribution in [0.15, 0.2) is 18.2 Å². The Morgan fingerprint density at radius 2 is 2.10 bits per heavy atom. The van der Waals surface area contributed by atoms with Crippen molar-refractivity contribution in [2.24, 2.45) is 5.73 Å². The summed E-state index contributed by atoms with van der Waals surface area (Å²) in [6.07, 6.45) is -4.86. The van der Waals surface area contributed by atoms with Crippen LogP contribution in [0.4, 0.5) is 17.6 Å². The van der Waals surface area contributed by atoms with Gasteiger partial charge in [0.1, 0.15) is 5.82 Å². The van der Waals surface area contributed by atoms with Gasteiger partial charge in [0.2, 0.25) is 0 Å². The Balaban J connectivity index is 2.94. The molecule has 112 valence electrons. The van der Waals surface area contributed by atoms with Gasteiger partial charge in [-0.25, -0.2) is 4.39 Å². The summed E-state index contributed by atoms with van der Waals surface area (Å²) in [7, 11) is 1.40. The molecule has 1 aromatic rings. The lowest BCUT2D eigenvalue weighted by molar-refractivity contribution is -0.140. The molecule has 0 spiro atoms. The Morgan fingerprint density at radius 3 is 2.60 bits per heavy atom. The molecule has 0 aromatic heterocycles. The number of rotatable bonds is 5. The molecular formula is C12H14F4N2O2. The summed E-state index contributed by atoms with van der Waals surface area (Å²) in [5.41, 5.74) is 3.59. The highest BCUT2D eigenvalue weighted by Crippen LogP contribution is 2.31. The summed E-state index contributed by atoms with van der Waals surface area (Å²) < 4.78 is 55.5. The quantitative estimate of drug-likeness (QED) is 0.810. The van der Waals surface area contributed by atoms with E-state index in [-0.39, 0.29) is 18.7 Å². The van der Waals surface area contributed by atoms with Crippen LogP contribution in [0.3, 0.4) is 0 Å². The number of alkyl halides is 3. The molecule has 1 atom stereocenters. The standard InChI is InChI=1S/C12H14F4N2O2/c1-20-6-8(5-17)18-11(19)7-2-3-10(13)9(4-7)12(14,15)16/h2-4,8H,5-6,17H2,1H3,(H,18,19). The van der Waals surface area contributed by atoms with E-state index >= 15 is 0 Å². The van der Waals surface area contributed by atoms with E-state index in [2.05, 4.69) is 5.32 Å². The lowest BCUT2D eigenvalue weighted by atomic mass is 10.1. The van der Waals surface area contributed by atoms with Gasteiger partial charge >= 0.3 is 6.18 Å². The lowest BCUT2D eigenvalue weighted by Gasteiger charge is -2.16. The highest BCUT2D eigenvalue weighted by atomic mass is 19.4. The highest BCUT2D eigenvalue weighted by molar-refractivity contribution is 5.94. The minimum Gasteiger partial charge on any atom is -0.383 e. The third-order valence-electron chi connectivity index (χ3n) is 2.52. The molecule has 0 aliphatic rings. The highest BCUT2D eigenvalue weighted by Gasteiger charge is 2.34. The van der Waals surface area contributed by atoms with Gasteiger partial charge in [-0.1, -0.05) is 0 Å². The molecule has 4 nitrogen and oxygen atoms in total. The second-order valence-electron chi connectivity index (χ2n) is 4.05. The predicted octanol–water partition coefficient (Wildman–Crippen LogP) is 1.55. The van der Waals surface area contributed by atoms with Gasteiger partial charge in [-0.3, -0.25) is 4.79 Å². The van der Waals surface area contributed by atoms with Gasteiger partial charge in [0.05, 0.1) is 18.2 Å². The molecule has 0 radical (unpaired) electrons. The van der Waals surface area contributed by atoms with Crippen LogP contribution in [0.25, 0.3) is 0 Å². The zero-order valence-electron chi connectivity index (χ0n) is 10.6. The fraction of sp³-hybridized carbons (Fsp3) is 0.417. The van der Waals surface area contributed by atoms with E-state index in [1.54, 1.807) is 0 Å². The van der Waals surface area contributed by atoms with Crippen LogP contribution >= 0.6 is 0 Å². The minimum atomic E-state index is -4.86. The van der Waals surface area contributed by atoms with Crippen molar-refractivity contribution in [2.45, 2.75) is 12.2 Å². The first-order valence-electron chi connectivity index (χ1n) is 5.66. The topological polar surface area (TPSA) is 64.3 Å². The van der Waals surface area contributed by atoms with Crippen molar-refractivity contribution in [3.8, 4) is 0 Å². The molecule has 0 aliphatic carbocycles. The van der Waals surface area contributed by atoms with E-state index in [1.165, 1.54) is 7.11 Å². The zero-order chi connectivity index (χ0) is 15.3. The second kappa shape index (κ2) is 6.67. The molecule has 1 unspecified atom stereocenters. The van der Waals surface area contributed by atoms with Gasteiger partial charge in [0.25, 0.3) is 5.91 Å². The van der Waals surface area contributed by atoms with Crippen molar-refractivity contribution in [2.75, 3.05) is 20.3 Å². The largest absolute Gasteiger partial charge is 0.419 e. The number of methoxy groups -OCH3 is 1. The summed E-state index contributed by atoms with van der Waals surface area (Å²) in [5, 5.41) is 2.40. The number of nitrogens with one attached hydrogen (secondary N) is 1. The van der Waals surface area contributed by atoms with E-state index in [4.69, 9.17) is 10.5 Å². The Labute approximate surface area is 112 Å². The summed E-state index contributed by atoms with van der Waals surface area (Å²) in [6, 6.07) is 1.50. The molecule has 8 heteroatoms. The number of ether oxygens (including phenoxy) is 1. The van der Waals surface area contributed by atoms with Gasteiger partial charge in [-0.15, -0.1) is 0 Å². The monoisotopic (exact) mass is 294 g/mol. The molecule has 1 rings (SSSR count). The average molecular weight is 294 g/mol. The van der Waals surface area contributed by atoms with E-state index < -0.39 is 29.5 Å². The number of halogens is 4. The van der Waals surface area contributed by atoms with Crippen molar-refractivity contribution in [3.63, 3.8) is 0 Å². The predicted molar refractivity (Wildman–Crippen MR) is 63.6 cm³/mol. The summed E-state index contributed by atoms with van der Waals surface area (Å²) in [5.74, 6) is -2.20. The Morgan fingerprint density at radius 1 is 1.45 bits per heavy atom. The maximum Gasteiger partial charge on any atom is 0.419 e. The van der Waals surface area contributed by atoms with Crippen LogP contribution < -0.4 is 11.1 Å². The van der Waals surface area contributed by atoms with Crippen LogP contribution in [-0.2, 0) is 10.9 Å². The fourth-order valence-corrected chi connectivity index (χ4v) is 1.52. The molecule has 0 heterocycles. The number of benzene rings is 1. The van der Waals surface area contributed by atoms with Crippen LogP contribution in [0.1, 0.15) is 15.9 Å². The fourth-order valence-electron chi connectivity index (χ4n) is 1.52. The van der Waals surface area contributed by atoms with Crippen LogP contribution in [0.2, 0.25) is 0 Å². The summed E-state index contributed by atoms with van der Waals surface area (Å²) in [4.78, 5) is 11.8. The number of carbonyl (C=O) groups excluding carboxylic acids is 1. The molecule has 0 saturated carbocycles. The maximum atomic E-state index is 13.1. The first kappa shape index (κ1) is 16.4. The molecule has 0 bridgehead atoms. The van der Waals surface area contributed by atoms with Gasteiger partial charge in [0.15, 0.2) is 0 Å². The normalized spacial score (nSPS) is 13.1. The SMILES string of the molecule is COCC(CN)NC(=O)c1ccc(F)c(C(F)(F)F)c1. The number of carbonyl (C=O) groups is 1. The van der Waals surface area contributed by atoms with Crippen molar-refractivity contribution >= 4 is 5.91 Å². The molecular weight excluding hydrogens is 280 g/mol. The molecule has 0 fully saturated rings. The first-order valence-corrected chi connectivity index (χ1v) is 5.66. The summed E-state index contributed by atoms with van der Waals surface area (Å²) in [6.45, 7) is 0.183. The number of hydrogen-bond donors (Lipinski definition) is 2. The maximum absolute atomic E-state index is 13.1. The van der Waals surface area contributed by atoms with Gasteiger partial charge in [-0.05, 0) is 18.2 Å².